The topological polar surface area (TPSA) is 128 Å². The van der Waals surface area contributed by atoms with Crippen LogP contribution in [0.2, 0.25) is 0 Å². The highest BCUT2D eigenvalue weighted by atomic mass is 16.6. The van der Waals surface area contributed by atoms with E-state index in [0.29, 0.717) is 0 Å². The summed E-state index contributed by atoms with van der Waals surface area (Å²) in [6.07, 6.45) is -0.857. The first-order chi connectivity index (χ1) is 11.5. The molecule has 0 fully saturated rings. The van der Waals surface area contributed by atoms with E-state index in [1.807, 2.05) is 0 Å². The first kappa shape index (κ1) is 19.0. The van der Waals surface area contributed by atoms with E-state index >= 15 is 0 Å². The van der Waals surface area contributed by atoms with Crippen LogP contribution in [0.3, 0.4) is 0 Å². The lowest BCUT2D eigenvalue weighted by atomic mass is 10.3. The van der Waals surface area contributed by atoms with Crippen LogP contribution in [-0.2, 0) is 14.2 Å². The van der Waals surface area contributed by atoms with Crippen LogP contribution in [0, 0.1) is 0 Å². The standard InChI is InChI=1S/C14H20N4O6/c1-4-22-12(19)16-9-7-10(17-13(20)23-5-2)11(15-8-9)18-14(21)24-6-3/h7-8H,4-6H2,1-3H3,(H,16,19)(H,17,20)(H,15,18,21). The summed E-state index contributed by atoms with van der Waals surface area (Å²) in [4.78, 5) is 38.5. The average Bonchev–Trinajstić information content (AvgIpc) is 2.50. The Labute approximate surface area is 138 Å². The SMILES string of the molecule is CCOC(=O)Nc1cnc(NC(=O)OCC)c(NC(=O)OCC)c1. The number of carbonyl (C=O) groups excluding carboxylic acids is 3. The van der Waals surface area contributed by atoms with Gasteiger partial charge in [0, 0.05) is 0 Å². The van der Waals surface area contributed by atoms with Gasteiger partial charge in [-0.2, -0.15) is 0 Å². The molecule has 24 heavy (non-hydrogen) atoms. The molecule has 0 aromatic carbocycles. The largest absolute Gasteiger partial charge is 0.450 e. The van der Waals surface area contributed by atoms with Gasteiger partial charge in [0.05, 0.1) is 37.4 Å². The predicted octanol–water partition coefficient (Wildman–Crippen LogP) is 2.79. The van der Waals surface area contributed by atoms with Gasteiger partial charge < -0.3 is 14.2 Å². The first-order valence-electron chi connectivity index (χ1n) is 7.31. The van der Waals surface area contributed by atoms with Crippen molar-refractivity contribution in [1.82, 2.24) is 4.98 Å². The number of aromatic nitrogens is 1. The summed E-state index contributed by atoms with van der Waals surface area (Å²) >= 11 is 0. The maximum Gasteiger partial charge on any atom is 0.412 e. The van der Waals surface area contributed by atoms with Crippen molar-refractivity contribution in [1.29, 1.82) is 0 Å². The maximum atomic E-state index is 11.6. The van der Waals surface area contributed by atoms with E-state index in [4.69, 9.17) is 14.2 Å². The summed E-state index contributed by atoms with van der Waals surface area (Å²) in [6, 6.07) is 1.39. The number of nitrogens with zero attached hydrogens (tertiary/aromatic N) is 1. The van der Waals surface area contributed by atoms with E-state index < -0.39 is 18.3 Å². The van der Waals surface area contributed by atoms with Crippen molar-refractivity contribution < 1.29 is 28.6 Å². The molecule has 1 heterocycles. The second-order valence-electron chi connectivity index (χ2n) is 4.16. The molecule has 1 aromatic rings. The van der Waals surface area contributed by atoms with Gasteiger partial charge in [-0.25, -0.2) is 19.4 Å². The maximum absolute atomic E-state index is 11.6. The molecule has 0 bridgehead atoms. The van der Waals surface area contributed by atoms with Crippen LogP contribution in [0.1, 0.15) is 20.8 Å². The smallest absolute Gasteiger partial charge is 0.412 e. The molecule has 0 aliphatic carbocycles. The number of hydrogen-bond acceptors (Lipinski definition) is 7. The zero-order chi connectivity index (χ0) is 17.9. The summed E-state index contributed by atoms with van der Waals surface area (Å²) in [7, 11) is 0. The Bertz CT molecular complexity index is 593. The molecule has 0 aliphatic heterocycles. The quantitative estimate of drug-likeness (QED) is 0.679. The number of hydrogen-bond donors (Lipinski definition) is 3. The summed E-state index contributed by atoms with van der Waals surface area (Å²) in [5.74, 6) is 0.0379. The lowest BCUT2D eigenvalue weighted by Gasteiger charge is -2.13. The fraction of sp³-hybridized carbons (Fsp3) is 0.429. The molecule has 10 heteroatoms. The Morgan fingerprint density at radius 1 is 0.875 bits per heavy atom. The van der Waals surface area contributed by atoms with Gasteiger partial charge in [0.2, 0.25) is 0 Å². The van der Waals surface area contributed by atoms with Crippen molar-refractivity contribution >= 4 is 35.5 Å². The number of pyridine rings is 1. The molecule has 1 aromatic heterocycles. The number of ether oxygens (including phenoxy) is 3. The highest BCUT2D eigenvalue weighted by Crippen LogP contribution is 2.23. The van der Waals surface area contributed by atoms with Crippen molar-refractivity contribution in [3.63, 3.8) is 0 Å². The van der Waals surface area contributed by atoms with E-state index in [1.165, 1.54) is 12.3 Å². The van der Waals surface area contributed by atoms with E-state index in [0.717, 1.165) is 0 Å². The zero-order valence-electron chi connectivity index (χ0n) is 13.7. The third-order valence-corrected chi connectivity index (χ3v) is 2.42. The summed E-state index contributed by atoms with van der Waals surface area (Å²) in [6.45, 7) is 5.51. The molecule has 132 valence electrons. The number of rotatable bonds is 6. The van der Waals surface area contributed by atoms with Gasteiger partial charge in [-0.1, -0.05) is 0 Å². The lowest BCUT2D eigenvalue weighted by Crippen LogP contribution is -2.20. The van der Waals surface area contributed by atoms with Crippen molar-refractivity contribution in [2.24, 2.45) is 0 Å². The third kappa shape index (κ3) is 6.38. The summed E-state index contributed by atoms with van der Waals surface area (Å²) < 4.78 is 14.3. The normalized spacial score (nSPS) is 9.62. The number of carbonyl (C=O) groups is 3. The number of anilines is 3. The van der Waals surface area contributed by atoms with Gasteiger partial charge in [-0.15, -0.1) is 0 Å². The molecule has 0 saturated heterocycles. The summed E-state index contributed by atoms with van der Waals surface area (Å²) in [5.41, 5.74) is 0.380. The molecule has 0 radical (unpaired) electrons. The molecule has 3 N–H and O–H groups in total. The molecular formula is C14H20N4O6. The molecule has 0 saturated carbocycles. The van der Waals surface area contributed by atoms with Crippen LogP contribution in [-0.4, -0.2) is 43.1 Å². The molecule has 3 amide bonds. The Kier molecular flexibility index (Phi) is 7.82. The Morgan fingerprint density at radius 2 is 1.38 bits per heavy atom. The second kappa shape index (κ2) is 9.87. The average molecular weight is 340 g/mol. The van der Waals surface area contributed by atoms with E-state index in [9.17, 15) is 14.4 Å². The molecule has 0 spiro atoms. The zero-order valence-corrected chi connectivity index (χ0v) is 13.7. The van der Waals surface area contributed by atoms with E-state index in [-0.39, 0.29) is 37.0 Å². The Hall–Kier alpha value is -3.04. The monoisotopic (exact) mass is 340 g/mol. The lowest BCUT2D eigenvalue weighted by molar-refractivity contribution is 0.166. The minimum absolute atomic E-state index is 0.0379. The van der Waals surface area contributed by atoms with Crippen LogP contribution < -0.4 is 16.0 Å². The van der Waals surface area contributed by atoms with Crippen molar-refractivity contribution in [3.8, 4) is 0 Å². The van der Waals surface area contributed by atoms with Gasteiger partial charge in [0.1, 0.15) is 0 Å². The molecule has 0 aliphatic rings. The summed E-state index contributed by atoms with van der Waals surface area (Å²) in [5, 5.41) is 7.23. The number of nitrogens with one attached hydrogen (secondary N) is 3. The molecule has 10 nitrogen and oxygen atoms in total. The van der Waals surface area contributed by atoms with Crippen LogP contribution >= 0.6 is 0 Å². The molecular weight excluding hydrogens is 320 g/mol. The Morgan fingerprint density at radius 3 is 1.92 bits per heavy atom. The van der Waals surface area contributed by atoms with E-state index in [1.54, 1.807) is 20.8 Å². The minimum Gasteiger partial charge on any atom is -0.450 e. The fourth-order valence-corrected chi connectivity index (χ4v) is 1.55. The predicted molar refractivity (Wildman–Crippen MR) is 86.2 cm³/mol. The van der Waals surface area contributed by atoms with Crippen LogP contribution in [0.4, 0.5) is 31.6 Å². The van der Waals surface area contributed by atoms with Crippen molar-refractivity contribution in [2.45, 2.75) is 20.8 Å². The van der Waals surface area contributed by atoms with Gasteiger partial charge in [0.25, 0.3) is 0 Å². The van der Waals surface area contributed by atoms with Gasteiger partial charge in [-0.3, -0.25) is 16.0 Å². The third-order valence-electron chi connectivity index (χ3n) is 2.42. The first-order valence-corrected chi connectivity index (χ1v) is 7.31. The minimum atomic E-state index is -0.737. The van der Waals surface area contributed by atoms with Crippen molar-refractivity contribution in [3.05, 3.63) is 12.3 Å². The second-order valence-corrected chi connectivity index (χ2v) is 4.16. The van der Waals surface area contributed by atoms with Gasteiger partial charge in [0.15, 0.2) is 5.82 Å². The molecule has 1 rings (SSSR count). The van der Waals surface area contributed by atoms with Crippen LogP contribution in [0.25, 0.3) is 0 Å². The van der Waals surface area contributed by atoms with Gasteiger partial charge >= 0.3 is 18.3 Å². The molecule has 0 unspecified atom stereocenters. The van der Waals surface area contributed by atoms with Crippen LogP contribution in [0.15, 0.2) is 12.3 Å². The molecule has 0 atom stereocenters. The van der Waals surface area contributed by atoms with E-state index in [2.05, 4.69) is 20.9 Å². The highest BCUT2D eigenvalue weighted by Gasteiger charge is 2.14. The highest BCUT2D eigenvalue weighted by molar-refractivity contribution is 5.95. The number of amides is 3. The van der Waals surface area contributed by atoms with Crippen molar-refractivity contribution in [2.75, 3.05) is 35.8 Å². The fourth-order valence-electron chi connectivity index (χ4n) is 1.55. The van der Waals surface area contributed by atoms with Crippen LogP contribution in [0.5, 0.6) is 0 Å². The Balaban J connectivity index is 2.97. The van der Waals surface area contributed by atoms with Gasteiger partial charge in [-0.05, 0) is 26.8 Å².